The number of carboxylic acid groups (broad SMARTS) is 2. The van der Waals surface area contributed by atoms with Gasteiger partial charge in [-0.15, -0.1) is 10.2 Å². The molecule has 3 aromatic rings. The third kappa shape index (κ3) is 6.09. The first-order chi connectivity index (χ1) is 25.1. The van der Waals surface area contributed by atoms with E-state index in [4.69, 9.17) is 0 Å². The topological polar surface area (TPSA) is 252 Å². The second-order valence-electron chi connectivity index (χ2n) is 12.0. The molecule has 53 heavy (non-hydrogen) atoms. The van der Waals surface area contributed by atoms with Gasteiger partial charge in [0, 0.05) is 33.8 Å². The van der Waals surface area contributed by atoms with Crippen molar-refractivity contribution in [2.45, 2.75) is 0 Å². The zero-order valence-corrected chi connectivity index (χ0v) is 28.2. The van der Waals surface area contributed by atoms with Gasteiger partial charge in [-0.2, -0.15) is 9.69 Å². The van der Waals surface area contributed by atoms with Crippen LogP contribution in [0.3, 0.4) is 0 Å². The number of anilines is 1. The number of carbonyl (C=O) groups is 5. The monoisotopic (exact) mass is 720 g/mol. The number of pyridine rings is 2. The molecule has 18 nitrogen and oxygen atoms in total. The Bertz CT molecular complexity index is 2630. The highest BCUT2D eigenvalue weighted by atomic mass is 16.4. The fourth-order valence-corrected chi connectivity index (χ4v) is 5.58. The molecule has 2 aromatic carbocycles. The molecule has 3 aliphatic rings. The summed E-state index contributed by atoms with van der Waals surface area (Å²) in [7, 11) is 5.68. The first-order valence-electron chi connectivity index (χ1n) is 15.5. The van der Waals surface area contributed by atoms with Gasteiger partial charge >= 0.3 is 11.9 Å². The number of fused-ring (bicyclic) bond motifs is 2. The average Bonchev–Trinajstić information content (AvgIpc) is 3.62. The van der Waals surface area contributed by atoms with Crippen molar-refractivity contribution in [2.75, 3.05) is 33.2 Å². The van der Waals surface area contributed by atoms with E-state index >= 15 is 0 Å². The highest BCUT2D eigenvalue weighted by Crippen LogP contribution is 2.31. The van der Waals surface area contributed by atoms with E-state index < -0.39 is 46.7 Å². The van der Waals surface area contributed by atoms with E-state index in [0.29, 0.717) is 0 Å². The first kappa shape index (κ1) is 35.2. The van der Waals surface area contributed by atoms with Gasteiger partial charge in [0.15, 0.2) is 17.2 Å². The SMILES string of the molecule is CN(C)C(=O)c1c(C=CC=c2c(C(=O)N(C)C)c3c([nH]c2=O)=NN(c2ccc(C(=O)O)cc2)C3=O)c(O)[nH]c2nn(-c3ccc(C(=O)O)cc3)c(=O)c1-2. The Morgan fingerprint density at radius 3 is 1.85 bits per heavy atom. The molecule has 0 bridgehead atoms. The molecule has 268 valence electrons. The van der Waals surface area contributed by atoms with Crippen LogP contribution in [0.5, 0.6) is 5.88 Å². The molecule has 1 aromatic heterocycles. The molecule has 18 heteroatoms. The number of nitrogens with one attached hydrogen (secondary N) is 2. The third-order valence-electron chi connectivity index (χ3n) is 8.18. The minimum atomic E-state index is -1.18. The fourth-order valence-electron chi connectivity index (χ4n) is 5.58. The lowest BCUT2D eigenvalue weighted by molar-refractivity contribution is 0.0686. The van der Waals surface area contributed by atoms with E-state index in [-0.39, 0.29) is 66.8 Å². The second kappa shape index (κ2) is 13.2. The van der Waals surface area contributed by atoms with Crippen LogP contribution in [0, 0.1) is 0 Å². The van der Waals surface area contributed by atoms with Gasteiger partial charge in [-0.3, -0.25) is 24.0 Å². The number of hydrogen-bond donors (Lipinski definition) is 5. The van der Waals surface area contributed by atoms with Crippen molar-refractivity contribution in [1.29, 1.82) is 0 Å². The highest BCUT2D eigenvalue weighted by Gasteiger charge is 2.33. The van der Waals surface area contributed by atoms with Crippen molar-refractivity contribution in [2.24, 2.45) is 5.10 Å². The van der Waals surface area contributed by atoms with Gasteiger partial charge in [0.25, 0.3) is 28.8 Å². The van der Waals surface area contributed by atoms with E-state index in [1.807, 2.05) is 0 Å². The van der Waals surface area contributed by atoms with Crippen LogP contribution >= 0.6 is 0 Å². The van der Waals surface area contributed by atoms with Crippen molar-refractivity contribution >= 4 is 47.5 Å². The number of aromatic amines is 2. The van der Waals surface area contributed by atoms with E-state index in [9.17, 15) is 48.9 Å². The summed E-state index contributed by atoms with van der Waals surface area (Å²) < 4.78 is 0.938. The lowest BCUT2D eigenvalue weighted by atomic mass is 10.0. The molecule has 3 aliphatic heterocycles. The number of carboxylic acids is 2. The number of aromatic carboxylic acids is 2. The van der Waals surface area contributed by atoms with Crippen molar-refractivity contribution in [3.63, 3.8) is 0 Å². The molecular formula is C35H28N8O10. The normalized spacial score (nSPS) is 12.6. The molecule has 3 amide bonds. The molecule has 0 atom stereocenters. The Morgan fingerprint density at radius 1 is 0.755 bits per heavy atom. The van der Waals surface area contributed by atoms with Crippen molar-refractivity contribution in [3.05, 3.63) is 119 Å². The largest absolute Gasteiger partial charge is 0.494 e. The second-order valence-corrected chi connectivity index (χ2v) is 12.0. The number of aromatic hydroxyl groups is 1. The lowest BCUT2D eigenvalue weighted by Gasteiger charge is -2.16. The Balaban J connectivity index is 1.50. The van der Waals surface area contributed by atoms with Gasteiger partial charge in [0.1, 0.15) is 0 Å². The molecule has 0 spiro atoms. The van der Waals surface area contributed by atoms with Crippen molar-refractivity contribution in [1.82, 2.24) is 29.5 Å². The maximum absolute atomic E-state index is 13.7. The summed E-state index contributed by atoms with van der Waals surface area (Å²) in [5.74, 6) is -5.29. The number of hydrogen-bond acceptors (Lipinski definition) is 10. The fraction of sp³-hybridized carbons (Fsp3) is 0.114. The van der Waals surface area contributed by atoms with Crippen LogP contribution in [0.1, 0.15) is 57.4 Å². The van der Waals surface area contributed by atoms with E-state index in [2.05, 4.69) is 20.2 Å². The Hall–Kier alpha value is -7.63. The zero-order chi connectivity index (χ0) is 38.5. The molecule has 0 fully saturated rings. The van der Waals surface area contributed by atoms with Crippen molar-refractivity contribution < 1.29 is 39.3 Å². The molecule has 0 unspecified atom stereocenters. The minimum Gasteiger partial charge on any atom is -0.494 e. The molecule has 6 rings (SSSR count). The standard InChI is InChI=1S/C35H28N8O10/c1-40(2)30(46)22-20(28(44)36-26-24(22)32(48)42(38-26)18-12-8-16(9-13-18)34(50)51)6-5-7-21-23(31(47)41(3)4)25-27(37-29(21)45)39-43(33(25)49)19-14-10-17(11-15-19)35(52)53/h5-15H,1-4H3,(H,50,51)(H,52,53)(H,36,38,44)(H2,37,39,45). The van der Waals surface area contributed by atoms with Gasteiger partial charge in [-0.05, 0) is 60.7 Å². The number of rotatable bonds is 8. The number of H-pyrrole nitrogens is 2. The molecular weight excluding hydrogens is 692 g/mol. The highest BCUT2D eigenvalue weighted by molar-refractivity contribution is 6.14. The maximum atomic E-state index is 13.7. The molecule has 0 saturated heterocycles. The van der Waals surface area contributed by atoms with Gasteiger partial charge in [-0.1, -0.05) is 6.08 Å². The predicted octanol–water partition coefficient (Wildman–Crippen LogP) is 0.548. The average molecular weight is 721 g/mol. The van der Waals surface area contributed by atoms with Crippen LogP contribution < -0.4 is 26.8 Å². The molecule has 0 aliphatic carbocycles. The van der Waals surface area contributed by atoms with E-state index in [1.165, 1.54) is 99.8 Å². The summed E-state index contributed by atoms with van der Waals surface area (Å²) in [6.45, 7) is 0. The maximum Gasteiger partial charge on any atom is 0.335 e. The van der Waals surface area contributed by atoms with Gasteiger partial charge in [0.2, 0.25) is 0 Å². The first-order valence-corrected chi connectivity index (χ1v) is 15.5. The molecule has 4 heterocycles. The number of allylic oxidation sites excluding steroid dienone is 1. The summed E-state index contributed by atoms with van der Waals surface area (Å²) in [6.07, 6.45) is 3.65. The van der Waals surface area contributed by atoms with Gasteiger partial charge < -0.3 is 35.1 Å². The van der Waals surface area contributed by atoms with Crippen LogP contribution in [0.4, 0.5) is 5.69 Å². The van der Waals surface area contributed by atoms with Gasteiger partial charge in [0.05, 0.1) is 50.0 Å². The van der Waals surface area contributed by atoms with Crippen LogP contribution in [0.25, 0.3) is 29.2 Å². The molecule has 0 saturated carbocycles. The third-order valence-corrected chi connectivity index (χ3v) is 8.18. The Labute approximate surface area is 296 Å². The predicted molar refractivity (Wildman–Crippen MR) is 187 cm³/mol. The Morgan fingerprint density at radius 2 is 1.30 bits per heavy atom. The summed E-state index contributed by atoms with van der Waals surface area (Å²) in [5.41, 5.74) is -2.66. The summed E-state index contributed by atoms with van der Waals surface area (Å²) in [6, 6.07) is 10.5. The summed E-state index contributed by atoms with van der Waals surface area (Å²) in [4.78, 5) is 98.0. The minimum absolute atomic E-state index is 0.0322. The number of benzene rings is 2. The number of aromatic nitrogens is 4. The lowest BCUT2D eigenvalue weighted by Crippen LogP contribution is -2.43. The zero-order valence-electron chi connectivity index (χ0n) is 28.2. The number of carbonyl (C=O) groups excluding carboxylic acids is 3. The van der Waals surface area contributed by atoms with Crippen LogP contribution in [-0.2, 0) is 0 Å². The van der Waals surface area contributed by atoms with Crippen LogP contribution in [0.2, 0.25) is 0 Å². The van der Waals surface area contributed by atoms with Gasteiger partial charge in [-0.25, -0.2) is 9.59 Å². The van der Waals surface area contributed by atoms with E-state index in [0.717, 1.165) is 14.6 Å². The number of nitrogens with zero attached hydrogens (tertiary/aromatic N) is 6. The Kier molecular flexibility index (Phi) is 8.80. The van der Waals surface area contributed by atoms with Crippen LogP contribution in [0.15, 0.2) is 69.3 Å². The quantitative estimate of drug-likeness (QED) is 0.148. The summed E-state index contributed by atoms with van der Waals surface area (Å²) >= 11 is 0. The molecule has 5 N–H and O–H groups in total. The van der Waals surface area contributed by atoms with Crippen molar-refractivity contribution in [3.8, 4) is 23.0 Å². The van der Waals surface area contributed by atoms with Crippen LogP contribution in [-0.4, -0.2) is 103 Å². The smallest absolute Gasteiger partial charge is 0.335 e. The number of amides is 3. The van der Waals surface area contributed by atoms with E-state index in [1.54, 1.807) is 0 Å². The summed E-state index contributed by atoms with van der Waals surface area (Å²) in [5, 5.41) is 38.6. The molecule has 0 radical (unpaired) electrons.